The molecule has 0 spiro atoms. The smallest absolute Gasteiger partial charge is 0.408 e. The fourth-order valence-corrected chi connectivity index (χ4v) is 10.8. The molecule has 1 heterocycles. The van der Waals surface area contributed by atoms with Gasteiger partial charge in [-0.2, -0.15) is 0 Å². The van der Waals surface area contributed by atoms with Gasteiger partial charge in [-0.05, 0) is 95.0 Å². The van der Waals surface area contributed by atoms with Crippen molar-refractivity contribution in [1.29, 1.82) is 0 Å². The van der Waals surface area contributed by atoms with E-state index in [0.717, 1.165) is 6.92 Å². The number of alkyl carbamates (subject to hydrolysis) is 1. The van der Waals surface area contributed by atoms with Crippen molar-refractivity contribution in [2.75, 3.05) is 19.7 Å². The van der Waals surface area contributed by atoms with Crippen LogP contribution in [-0.2, 0) is 67.0 Å². The van der Waals surface area contributed by atoms with Crippen molar-refractivity contribution < 1.29 is 92.2 Å². The number of aliphatic imine (C=N–C) groups is 1. The summed E-state index contributed by atoms with van der Waals surface area (Å²) in [6.07, 6.45) is -7.57. The molecule has 0 bridgehead atoms. The van der Waals surface area contributed by atoms with Crippen molar-refractivity contribution in [3.8, 4) is 0 Å². The van der Waals surface area contributed by atoms with E-state index in [1.807, 2.05) is 10.6 Å². The summed E-state index contributed by atoms with van der Waals surface area (Å²) in [7, 11) is 0. The Balaban J connectivity index is 2.46. The van der Waals surface area contributed by atoms with E-state index in [2.05, 4.69) is 52.8 Å². The van der Waals surface area contributed by atoms with Crippen LogP contribution in [-0.4, -0.2) is 207 Å². The van der Waals surface area contributed by atoms with Crippen LogP contribution >= 0.6 is 0 Å². The van der Waals surface area contributed by atoms with Gasteiger partial charge in [0, 0.05) is 6.54 Å². The third-order valence-corrected chi connectivity index (χ3v) is 16.4. The highest BCUT2D eigenvalue weighted by Crippen LogP contribution is 2.31. The van der Waals surface area contributed by atoms with Crippen LogP contribution in [0.2, 0.25) is 0 Å². The normalized spacial score (nSPS) is 24.8. The highest BCUT2D eigenvalue weighted by molar-refractivity contribution is 6.01. The van der Waals surface area contributed by atoms with E-state index in [4.69, 9.17) is 26.7 Å². The van der Waals surface area contributed by atoms with E-state index in [1.165, 1.54) is 44.2 Å². The number of aliphatic hydroxyl groups excluding tert-OH is 4. The fourth-order valence-electron chi connectivity index (χ4n) is 10.8. The first-order chi connectivity index (χ1) is 46.0. The highest BCUT2D eigenvalue weighted by atomic mass is 16.6. The molecule has 14 atom stereocenters. The summed E-state index contributed by atoms with van der Waals surface area (Å²) in [6.45, 7) is 18.3. The zero-order valence-electron chi connectivity index (χ0n) is 58.9. The zero-order valence-corrected chi connectivity index (χ0v) is 58.9. The Morgan fingerprint density at radius 1 is 0.697 bits per heavy atom. The van der Waals surface area contributed by atoms with Gasteiger partial charge in [0.15, 0.2) is 24.2 Å². The molecule has 1 saturated heterocycles. The fraction of sp³-hybridized carbons (Fsp3) is 0.692. The summed E-state index contributed by atoms with van der Waals surface area (Å²) in [5, 5.41) is 71.5. The van der Waals surface area contributed by atoms with Crippen LogP contribution in [0.25, 0.3) is 0 Å². The topological polar surface area (TPSA) is 544 Å². The third kappa shape index (κ3) is 27.1. The molecule has 3 rings (SSSR count). The second kappa shape index (κ2) is 38.6. The predicted octanol–water partition coefficient (Wildman–Crippen LogP) is -3.19. The van der Waals surface area contributed by atoms with Crippen LogP contribution in [0.5, 0.6) is 0 Å². The molecule has 0 radical (unpaired) electrons. The minimum absolute atomic E-state index is 0.0319. The number of ether oxygens (including phenoxy) is 2. The van der Waals surface area contributed by atoms with Crippen LogP contribution in [0.3, 0.4) is 0 Å². The summed E-state index contributed by atoms with van der Waals surface area (Å²) in [6, 6.07) is -10.1. The number of hydrogen-bond donors (Lipinski definition) is 18. The molecule has 1 aromatic rings. The number of hydrogen-bond acceptors (Lipinski definition) is 20. The van der Waals surface area contributed by atoms with Gasteiger partial charge in [-0.3, -0.25) is 57.7 Å². The van der Waals surface area contributed by atoms with Crippen molar-refractivity contribution >= 4 is 83.0 Å². The minimum atomic E-state index is -2.60. The predicted molar refractivity (Wildman–Crippen MR) is 359 cm³/mol. The summed E-state index contributed by atoms with van der Waals surface area (Å²) in [4.78, 5) is 191. The number of rotatable bonds is 21. The molecule has 21 N–H and O–H groups in total. The second-order valence-corrected chi connectivity index (χ2v) is 28.2. The van der Waals surface area contributed by atoms with Crippen LogP contribution in [0, 0.1) is 23.2 Å². The number of carbonyl (C=O) groups is 13. The molecule has 556 valence electrons. The van der Waals surface area contributed by atoms with E-state index in [0.29, 0.717) is 19.3 Å². The molecule has 99 heavy (non-hydrogen) atoms. The first-order valence-corrected chi connectivity index (χ1v) is 33.3. The lowest BCUT2D eigenvalue weighted by atomic mass is 9.80. The lowest BCUT2D eigenvalue weighted by molar-refractivity contribution is -0.159. The van der Waals surface area contributed by atoms with Gasteiger partial charge in [0.25, 0.3) is 0 Å². The summed E-state index contributed by atoms with van der Waals surface area (Å²) in [5.41, 5.74) is 13.0. The Morgan fingerprint density at radius 2 is 1.25 bits per heavy atom. The molecular weight excluding hydrogens is 1290 g/mol. The zero-order chi connectivity index (χ0) is 75.0. The Labute approximate surface area is 576 Å². The number of benzene rings is 1. The first-order valence-electron chi connectivity index (χ1n) is 33.3. The summed E-state index contributed by atoms with van der Waals surface area (Å²) < 4.78 is 11.6. The molecule has 2 fully saturated rings. The lowest BCUT2D eigenvalue weighted by Crippen LogP contribution is -2.65. The quantitative estimate of drug-likeness (QED) is 0.0250. The molecule has 2 unspecified atom stereocenters. The monoisotopic (exact) mass is 1400 g/mol. The van der Waals surface area contributed by atoms with E-state index < -0.39 is 203 Å². The molecule has 2 aliphatic rings. The summed E-state index contributed by atoms with van der Waals surface area (Å²) >= 11 is 0. The van der Waals surface area contributed by atoms with Crippen molar-refractivity contribution in [2.24, 2.45) is 45.4 Å². The molecule has 1 saturated carbocycles. The van der Waals surface area contributed by atoms with Crippen LogP contribution in [0.4, 0.5) is 4.79 Å². The van der Waals surface area contributed by atoms with Gasteiger partial charge in [0.05, 0.1) is 25.4 Å². The van der Waals surface area contributed by atoms with Gasteiger partial charge in [0.2, 0.25) is 65.0 Å². The number of guanidine groups is 1. The van der Waals surface area contributed by atoms with Gasteiger partial charge in [-0.1, -0.05) is 118 Å². The van der Waals surface area contributed by atoms with E-state index in [-0.39, 0.29) is 63.0 Å². The molecule has 12 amide bonds. The number of carbonyl (C=O) groups excluding carboxylic acids is 13. The Hall–Kier alpha value is -8.76. The molecule has 1 aromatic carbocycles. The second-order valence-electron chi connectivity index (χ2n) is 28.2. The number of esters is 1. The molecule has 34 nitrogen and oxygen atoms in total. The van der Waals surface area contributed by atoms with Crippen molar-refractivity contribution in [2.45, 2.75) is 244 Å². The number of nitrogens with zero attached hydrogens (tertiary/aromatic N) is 1. The average Bonchev–Trinajstić information content (AvgIpc) is 0.806. The highest BCUT2D eigenvalue weighted by Gasteiger charge is 2.47. The maximum atomic E-state index is 15.7. The van der Waals surface area contributed by atoms with E-state index in [1.54, 1.807) is 69.2 Å². The first kappa shape index (κ1) is 84.5. The number of primary amides is 1. The molecule has 1 aliphatic heterocycles. The maximum Gasteiger partial charge on any atom is 0.408 e. The number of nitrogens with two attached hydrogens (primary N) is 3. The maximum absolute atomic E-state index is 15.7. The number of cyclic esters (lactones) is 1. The van der Waals surface area contributed by atoms with Crippen LogP contribution < -0.4 is 75.7 Å². The summed E-state index contributed by atoms with van der Waals surface area (Å²) in [5.74, 6) is -17.2. The van der Waals surface area contributed by atoms with Crippen LogP contribution in [0.1, 0.15) is 166 Å². The number of nitrogens with one attached hydrogen (secondary N) is 11. The molecule has 34 heteroatoms. The molecule has 1 aliphatic carbocycles. The molecule has 0 aromatic heterocycles. The largest absolute Gasteiger partial charge is 0.453 e. The van der Waals surface area contributed by atoms with Gasteiger partial charge in [0.1, 0.15) is 59.5 Å². The number of amides is 12. The van der Waals surface area contributed by atoms with Gasteiger partial charge >= 0.3 is 12.1 Å². The van der Waals surface area contributed by atoms with Crippen molar-refractivity contribution in [1.82, 2.24) is 58.5 Å². The average molecular weight is 1400 g/mol. The van der Waals surface area contributed by atoms with Crippen LogP contribution in [0.15, 0.2) is 35.3 Å². The molecular formula is C65H107N15O19. The van der Waals surface area contributed by atoms with Gasteiger partial charge in [-0.15, -0.1) is 0 Å². The third-order valence-electron chi connectivity index (χ3n) is 16.4. The lowest BCUT2D eigenvalue weighted by Gasteiger charge is -2.39. The number of aliphatic hydroxyl groups is 4. The van der Waals surface area contributed by atoms with Crippen molar-refractivity contribution in [3.63, 3.8) is 0 Å². The SMILES string of the molecule is CC[C@H](C)C1NC(=O)[C@@H](CCCN=C(N)N)NC(=O)[C@H](CC(C)C)NC(=O)[C@H]([C@H](O)C(C)C)NC(=O)[C@@H](NC(=O)[C@H](CC(C)(C)C)NC(=O)C2(NC(=O)OC(C)(C)C)CCCCC2)[C@@H](c2ccccc2)OC(=O)[C@H](CO)NC(=O)[C@H]([C@H](O)C(N)=O)NC(=O)CNC(=O)C([C@H](C)O)NC1=O. The van der Waals surface area contributed by atoms with Crippen molar-refractivity contribution in [3.05, 3.63) is 35.9 Å². The Morgan fingerprint density at radius 3 is 1.79 bits per heavy atom. The standard InChI is InChI=1S/C65H107N15O19/c1-14-34(6)42-55(91)77-43(35(7)82)54(90)70-30-41(83)75-45(48(85)50(66)86)57(93)73-40(31-81)59(95)98-49(36-22-17-15-18-23-36)46(79-53(89)39(29-63(8,9)10)74-60(96)65(25-19-16-20-26-65)80-62(97)99-64(11,12)13)58(94)78-44(47(84)33(4)5)56(92)72-38(28-32(2)3)52(88)71-37(51(87)76-42)24-21-27-69-61(67)68/h15,17-18,22-23,32-35,37-40,42-49,81-82,84-85H,14,16,19-21,24-31H2,1-13H3,(H2,66,86)(H,70,90)(H,71,88)(H,72,92)(H,73,93)(H,74,96)(H,75,83)(H,76,87)(H,77,91)(H,78,94)(H,79,89)(H,80,97)(H4,67,68,69)/t34-,35-,37+,38-,39-,40-,42?,43?,44-,45-,46-,47+,48-,49+/m0/s1. The van der Waals surface area contributed by atoms with Gasteiger partial charge < -0.3 is 106 Å². The van der Waals surface area contributed by atoms with Gasteiger partial charge in [-0.25, -0.2) is 9.59 Å². The minimum Gasteiger partial charge on any atom is -0.453 e. The van der Waals surface area contributed by atoms with E-state index in [9.17, 15) is 68.4 Å². The van der Waals surface area contributed by atoms with E-state index >= 15 is 14.4 Å². The Kier molecular flexibility index (Phi) is 32.9. The Bertz CT molecular complexity index is 3000.